The van der Waals surface area contributed by atoms with Gasteiger partial charge in [-0.1, -0.05) is 35.5 Å². The summed E-state index contributed by atoms with van der Waals surface area (Å²) in [6, 6.07) is 12.3. The Morgan fingerprint density at radius 3 is 3.00 bits per heavy atom. The lowest BCUT2D eigenvalue weighted by atomic mass is 9.95. The molecule has 1 saturated heterocycles. The third-order valence-corrected chi connectivity index (χ3v) is 6.59. The Labute approximate surface area is 173 Å². The number of thiophene rings is 1. The Kier molecular flexibility index (Phi) is 6.44. The Morgan fingerprint density at radius 1 is 1.29 bits per heavy atom. The van der Waals surface area contributed by atoms with Crippen LogP contribution in [-0.2, 0) is 17.0 Å². The van der Waals surface area contributed by atoms with Gasteiger partial charge in [0.1, 0.15) is 0 Å². The molecule has 0 radical (unpaired) electrons. The van der Waals surface area contributed by atoms with Crippen LogP contribution in [-0.4, -0.2) is 39.8 Å². The van der Waals surface area contributed by atoms with Crippen LogP contribution in [0.3, 0.4) is 0 Å². The largest absolute Gasteiger partial charge is 0.342 e. The zero-order chi connectivity index (χ0) is 19.2. The Balaban J connectivity index is 1.26. The molecule has 2 aromatic heterocycles. The minimum absolute atomic E-state index is 0.232. The van der Waals surface area contributed by atoms with Crippen molar-refractivity contribution >= 4 is 29.0 Å². The third-order valence-electron chi connectivity index (χ3n) is 4.92. The van der Waals surface area contributed by atoms with Crippen molar-refractivity contribution in [3.05, 3.63) is 58.6 Å². The van der Waals surface area contributed by atoms with Gasteiger partial charge in [-0.05, 0) is 35.8 Å². The van der Waals surface area contributed by atoms with Crippen molar-refractivity contribution < 1.29 is 9.32 Å². The van der Waals surface area contributed by atoms with Gasteiger partial charge in [-0.15, -0.1) is 11.8 Å². The Hall–Kier alpha value is -2.12. The number of thioether (sulfide) groups is 1. The molecule has 3 heterocycles. The fourth-order valence-corrected chi connectivity index (χ4v) is 5.00. The second-order valence-electron chi connectivity index (χ2n) is 7.05. The average molecular weight is 414 g/mol. The van der Waals surface area contributed by atoms with Crippen molar-refractivity contribution in [3.8, 4) is 11.4 Å². The van der Waals surface area contributed by atoms with Crippen LogP contribution in [0.5, 0.6) is 0 Å². The van der Waals surface area contributed by atoms with E-state index in [0.717, 1.165) is 43.7 Å². The van der Waals surface area contributed by atoms with Crippen molar-refractivity contribution in [1.29, 1.82) is 0 Å². The maximum absolute atomic E-state index is 12.6. The van der Waals surface area contributed by atoms with Gasteiger partial charge in [0.05, 0.1) is 5.75 Å². The second-order valence-corrected chi connectivity index (χ2v) is 8.82. The smallest absolute Gasteiger partial charge is 0.232 e. The Morgan fingerprint density at radius 2 is 2.18 bits per heavy atom. The normalized spacial score (nSPS) is 17.0. The third kappa shape index (κ3) is 5.02. The Bertz CT molecular complexity index is 880. The lowest BCUT2D eigenvalue weighted by molar-refractivity contribution is -0.130. The molecule has 1 aliphatic heterocycles. The van der Waals surface area contributed by atoms with Crippen LogP contribution >= 0.6 is 23.1 Å². The number of aromatic nitrogens is 2. The summed E-state index contributed by atoms with van der Waals surface area (Å²) in [5.74, 6) is 3.33. The maximum atomic E-state index is 12.6. The lowest BCUT2D eigenvalue weighted by Gasteiger charge is -2.32. The molecule has 0 spiro atoms. The van der Waals surface area contributed by atoms with Crippen LogP contribution in [0.2, 0.25) is 0 Å². The van der Waals surface area contributed by atoms with Gasteiger partial charge in [0.2, 0.25) is 17.6 Å². The molecule has 0 N–H and O–H groups in total. The molecule has 0 saturated carbocycles. The van der Waals surface area contributed by atoms with Crippen LogP contribution in [0.25, 0.3) is 11.4 Å². The number of likely N-dealkylation sites (tertiary alicyclic amines) is 1. The van der Waals surface area contributed by atoms with Crippen molar-refractivity contribution in [2.45, 2.75) is 25.0 Å². The van der Waals surface area contributed by atoms with Crippen molar-refractivity contribution in [2.75, 3.05) is 18.8 Å². The number of amides is 1. The number of nitrogens with zero attached hydrogens (tertiary/aromatic N) is 3. The lowest BCUT2D eigenvalue weighted by Crippen LogP contribution is -2.41. The van der Waals surface area contributed by atoms with Crippen molar-refractivity contribution in [2.24, 2.45) is 5.92 Å². The van der Waals surface area contributed by atoms with Crippen LogP contribution in [0.1, 0.15) is 24.3 Å². The fraction of sp³-hybridized carbons (Fsp3) is 0.381. The van der Waals surface area contributed by atoms with Gasteiger partial charge in [0.25, 0.3) is 0 Å². The summed E-state index contributed by atoms with van der Waals surface area (Å²) in [6.07, 6.45) is 2.86. The molecule has 4 rings (SSSR count). The molecular weight excluding hydrogens is 390 g/mol. The van der Waals surface area contributed by atoms with Crippen molar-refractivity contribution in [3.63, 3.8) is 0 Å². The first-order chi connectivity index (χ1) is 13.8. The predicted octanol–water partition coefficient (Wildman–Crippen LogP) is 4.51. The highest BCUT2D eigenvalue weighted by atomic mass is 32.2. The molecule has 1 atom stereocenters. The van der Waals surface area contributed by atoms with Crippen LogP contribution in [0, 0.1) is 5.92 Å². The van der Waals surface area contributed by atoms with Gasteiger partial charge in [-0.25, -0.2) is 0 Å². The molecule has 3 aromatic rings. The fourth-order valence-electron chi connectivity index (χ4n) is 3.47. The van der Waals surface area contributed by atoms with Gasteiger partial charge >= 0.3 is 0 Å². The first-order valence-electron chi connectivity index (χ1n) is 9.52. The van der Waals surface area contributed by atoms with Gasteiger partial charge in [0.15, 0.2) is 0 Å². The average Bonchev–Trinajstić information content (AvgIpc) is 3.41. The molecule has 28 heavy (non-hydrogen) atoms. The maximum Gasteiger partial charge on any atom is 0.232 e. The van der Waals surface area contributed by atoms with E-state index in [4.69, 9.17) is 4.52 Å². The summed E-state index contributed by atoms with van der Waals surface area (Å²) < 4.78 is 5.44. The molecule has 5 nitrogen and oxygen atoms in total. The highest BCUT2D eigenvalue weighted by Crippen LogP contribution is 2.24. The number of carbonyl (C=O) groups excluding carboxylic acids is 1. The summed E-state index contributed by atoms with van der Waals surface area (Å²) in [4.78, 5) is 19.1. The minimum atomic E-state index is 0.232. The second kappa shape index (κ2) is 9.39. The molecule has 1 amide bonds. The van der Waals surface area contributed by atoms with Crippen LogP contribution < -0.4 is 0 Å². The van der Waals surface area contributed by atoms with E-state index in [1.165, 1.54) is 5.56 Å². The molecule has 0 bridgehead atoms. The van der Waals surface area contributed by atoms with Crippen molar-refractivity contribution in [1.82, 2.24) is 15.0 Å². The first kappa shape index (κ1) is 19.2. The van der Waals surface area contributed by atoms with E-state index < -0.39 is 0 Å². The topological polar surface area (TPSA) is 59.2 Å². The zero-order valence-corrected chi connectivity index (χ0v) is 17.3. The standard InChI is InChI=1S/C21H23N3O2S2/c25-20(15-28-13-16-5-2-1-3-6-16)24-9-4-7-17(12-24)11-19-22-21(23-26-19)18-8-10-27-14-18/h1-3,5-6,8,10,14,17H,4,7,9,11-13,15H2. The molecule has 146 valence electrons. The summed E-state index contributed by atoms with van der Waals surface area (Å²) in [5.41, 5.74) is 2.26. The number of piperidine rings is 1. The monoisotopic (exact) mass is 413 g/mol. The van der Waals surface area contributed by atoms with E-state index in [1.54, 1.807) is 23.1 Å². The highest BCUT2D eigenvalue weighted by molar-refractivity contribution is 7.99. The quantitative estimate of drug-likeness (QED) is 0.570. The molecular formula is C21H23N3O2S2. The number of rotatable bonds is 7. The zero-order valence-electron chi connectivity index (χ0n) is 15.6. The van der Waals surface area contributed by atoms with Crippen LogP contribution in [0.4, 0.5) is 0 Å². The summed E-state index contributed by atoms with van der Waals surface area (Å²) in [5, 5.41) is 8.11. The molecule has 1 aromatic carbocycles. The summed E-state index contributed by atoms with van der Waals surface area (Å²) >= 11 is 3.30. The molecule has 1 unspecified atom stereocenters. The van der Waals surface area contributed by atoms with Gasteiger partial charge in [-0.2, -0.15) is 16.3 Å². The highest BCUT2D eigenvalue weighted by Gasteiger charge is 2.25. The van der Waals surface area contributed by atoms with Gasteiger partial charge in [0, 0.05) is 36.2 Å². The molecule has 1 fully saturated rings. The van der Waals surface area contributed by atoms with Gasteiger partial charge < -0.3 is 9.42 Å². The number of hydrogen-bond donors (Lipinski definition) is 0. The van der Waals surface area contributed by atoms with E-state index in [0.29, 0.717) is 23.4 Å². The number of carbonyl (C=O) groups is 1. The summed E-state index contributed by atoms with van der Waals surface area (Å²) in [6.45, 7) is 1.63. The van der Waals surface area contributed by atoms with E-state index in [1.807, 2.05) is 39.9 Å². The number of hydrogen-bond acceptors (Lipinski definition) is 6. The van der Waals surface area contributed by atoms with E-state index in [9.17, 15) is 4.79 Å². The van der Waals surface area contributed by atoms with E-state index in [2.05, 4.69) is 22.3 Å². The summed E-state index contributed by atoms with van der Waals surface area (Å²) in [7, 11) is 0. The molecule has 0 aliphatic carbocycles. The molecule has 1 aliphatic rings. The number of benzene rings is 1. The van der Waals surface area contributed by atoms with E-state index in [-0.39, 0.29) is 5.91 Å². The first-order valence-corrected chi connectivity index (χ1v) is 11.6. The van der Waals surface area contributed by atoms with Crippen LogP contribution in [0.15, 0.2) is 51.7 Å². The minimum Gasteiger partial charge on any atom is -0.342 e. The van der Waals surface area contributed by atoms with Gasteiger partial charge in [-0.3, -0.25) is 4.79 Å². The predicted molar refractivity (Wildman–Crippen MR) is 113 cm³/mol. The SMILES string of the molecule is O=C(CSCc1ccccc1)N1CCCC(Cc2nc(-c3ccsc3)no2)C1. The van der Waals surface area contributed by atoms with E-state index >= 15 is 0 Å². The molecule has 7 heteroatoms.